The van der Waals surface area contributed by atoms with Gasteiger partial charge in [0.05, 0.1) is 18.7 Å². The summed E-state index contributed by atoms with van der Waals surface area (Å²) in [5.41, 5.74) is 2.54. The maximum Gasteiger partial charge on any atom is 0.268 e. The first kappa shape index (κ1) is 19.3. The van der Waals surface area contributed by atoms with E-state index in [2.05, 4.69) is 5.32 Å². The highest BCUT2D eigenvalue weighted by molar-refractivity contribution is 6.30. The van der Waals surface area contributed by atoms with E-state index in [-0.39, 0.29) is 5.91 Å². The Balaban J connectivity index is 2.05. The van der Waals surface area contributed by atoms with Crippen LogP contribution in [0.2, 0.25) is 5.02 Å². The Morgan fingerprint density at radius 1 is 1.19 bits per heavy atom. The van der Waals surface area contributed by atoms with Crippen molar-refractivity contribution in [3.05, 3.63) is 64.8 Å². The van der Waals surface area contributed by atoms with Gasteiger partial charge in [0.15, 0.2) is 0 Å². The predicted octanol–water partition coefficient (Wildman–Crippen LogP) is 4.12. The summed E-state index contributed by atoms with van der Waals surface area (Å²) in [6.45, 7) is 3.96. The summed E-state index contributed by atoms with van der Waals surface area (Å²) in [5.74, 6) is 0.624. The Labute approximate surface area is 163 Å². The van der Waals surface area contributed by atoms with Gasteiger partial charge in [0, 0.05) is 30.6 Å². The van der Waals surface area contributed by atoms with E-state index in [9.17, 15) is 4.79 Å². The Morgan fingerprint density at radius 2 is 2.00 bits per heavy atom. The average molecular weight is 387 g/mol. The summed E-state index contributed by atoms with van der Waals surface area (Å²) in [6, 6.07) is 15.4. The van der Waals surface area contributed by atoms with Gasteiger partial charge in [-0.05, 0) is 42.8 Å². The highest BCUT2D eigenvalue weighted by Gasteiger charge is 2.18. The number of fused-ring (bicyclic) bond motifs is 1. The minimum absolute atomic E-state index is 0.146. The molecule has 2 aromatic carbocycles. The van der Waals surface area contributed by atoms with Crippen molar-refractivity contribution in [2.24, 2.45) is 0 Å². The molecule has 27 heavy (non-hydrogen) atoms. The maximum atomic E-state index is 12.8. The fraction of sp³-hybridized carbons (Fsp3) is 0.286. The van der Waals surface area contributed by atoms with E-state index in [1.165, 1.54) is 0 Å². The van der Waals surface area contributed by atoms with Crippen LogP contribution in [0.3, 0.4) is 0 Å². The lowest BCUT2D eigenvalue weighted by Gasteiger charge is -2.12. The first-order valence-electron chi connectivity index (χ1n) is 8.90. The summed E-state index contributed by atoms with van der Waals surface area (Å²) in [7, 11) is 1.61. The molecule has 1 amide bonds. The maximum absolute atomic E-state index is 12.8. The minimum Gasteiger partial charge on any atom is -0.493 e. The van der Waals surface area contributed by atoms with Gasteiger partial charge in [-0.25, -0.2) is 0 Å². The Morgan fingerprint density at radius 3 is 2.74 bits per heavy atom. The molecular formula is C21H23ClN2O3. The van der Waals surface area contributed by atoms with Crippen molar-refractivity contribution < 1.29 is 14.3 Å². The zero-order valence-electron chi connectivity index (χ0n) is 15.5. The molecule has 0 aliphatic carbocycles. The van der Waals surface area contributed by atoms with E-state index in [4.69, 9.17) is 21.1 Å². The molecule has 6 heteroatoms. The molecule has 1 heterocycles. The molecule has 3 aromatic rings. The molecule has 3 rings (SSSR count). The molecule has 5 nitrogen and oxygen atoms in total. The molecule has 0 bridgehead atoms. The molecule has 0 saturated carbocycles. The van der Waals surface area contributed by atoms with Gasteiger partial charge in [0.1, 0.15) is 11.4 Å². The molecule has 0 spiro atoms. The van der Waals surface area contributed by atoms with Crippen molar-refractivity contribution in [2.45, 2.75) is 13.5 Å². The lowest BCUT2D eigenvalue weighted by atomic mass is 10.2. The molecule has 0 radical (unpaired) electrons. The molecule has 142 valence electrons. The van der Waals surface area contributed by atoms with Crippen molar-refractivity contribution >= 4 is 28.4 Å². The monoisotopic (exact) mass is 386 g/mol. The Bertz CT molecular complexity index is 936. The smallest absolute Gasteiger partial charge is 0.268 e. The largest absolute Gasteiger partial charge is 0.493 e. The summed E-state index contributed by atoms with van der Waals surface area (Å²) < 4.78 is 12.8. The van der Waals surface area contributed by atoms with Crippen molar-refractivity contribution in [3.8, 4) is 5.75 Å². The van der Waals surface area contributed by atoms with Crippen molar-refractivity contribution in [1.29, 1.82) is 0 Å². The van der Waals surface area contributed by atoms with E-state index in [1.54, 1.807) is 7.11 Å². The van der Waals surface area contributed by atoms with Crippen LogP contribution in [0.1, 0.15) is 23.0 Å². The molecular weight excluding hydrogens is 364 g/mol. The zero-order chi connectivity index (χ0) is 19.2. The van der Waals surface area contributed by atoms with Crippen LogP contribution in [0.4, 0.5) is 0 Å². The van der Waals surface area contributed by atoms with E-state index in [1.807, 2.05) is 60.0 Å². The number of ether oxygens (including phenoxy) is 2. The zero-order valence-corrected chi connectivity index (χ0v) is 16.3. The van der Waals surface area contributed by atoms with Crippen molar-refractivity contribution in [2.75, 3.05) is 26.9 Å². The first-order valence-corrected chi connectivity index (χ1v) is 9.28. The lowest BCUT2D eigenvalue weighted by Crippen LogP contribution is -2.29. The van der Waals surface area contributed by atoms with Crippen LogP contribution in [0.15, 0.2) is 48.5 Å². The number of halogens is 1. The summed E-state index contributed by atoms with van der Waals surface area (Å²) >= 11 is 6.13. The first-order chi connectivity index (χ1) is 13.1. The number of amides is 1. The fourth-order valence-electron chi connectivity index (χ4n) is 3.07. The van der Waals surface area contributed by atoms with Gasteiger partial charge < -0.3 is 19.4 Å². The van der Waals surface area contributed by atoms with E-state index >= 15 is 0 Å². The number of nitrogens with one attached hydrogen (secondary N) is 1. The second kappa shape index (κ2) is 8.93. The van der Waals surface area contributed by atoms with Gasteiger partial charge in [0.25, 0.3) is 5.91 Å². The average Bonchev–Trinajstić information content (AvgIpc) is 3.02. The van der Waals surface area contributed by atoms with Crippen molar-refractivity contribution in [3.63, 3.8) is 0 Å². The molecule has 0 unspecified atom stereocenters. The van der Waals surface area contributed by atoms with Crippen molar-refractivity contribution in [1.82, 2.24) is 9.88 Å². The quantitative estimate of drug-likeness (QED) is 0.592. The third kappa shape index (κ3) is 4.43. The summed E-state index contributed by atoms with van der Waals surface area (Å²) in [5, 5.41) is 4.48. The number of nitrogens with zero attached hydrogens (tertiary/aromatic N) is 1. The predicted molar refractivity (Wildman–Crippen MR) is 108 cm³/mol. The van der Waals surface area contributed by atoms with Gasteiger partial charge in [0.2, 0.25) is 0 Å². The molecule has 1 aromatic heterocycles. The topological polar surface area (TPSA) is 52.5 Å². The molecule has 0 aliphatic heterocycles. The van der Waals surface area contributed by atoms with Gasteiger partial charge in [-0.1, -0.05) is 29.8 Å². The number of aromatic nitrogens is 1. The van der Waals surface area contributed by atoms with Crippen LogP contribution in [-0.4, -0.2) is 37.3 Å². The number of carbonyl (C=O) groups excluding carboxylic acids is 1. The number of carbonyl (C=O) groups is 1. The van der Waals surface area contributed by atoms with E-state index in [0.717, 1.165) is 22.2 Å². The second-order valence-corrected chi connectivity index (χ2v) is 6.55. The van der Waals surface area contributed by atoms with E-state index in [0.29, 0.717) is 37.0 Å². The molecule has 0 saturated heterocycles. The SMILES string of the molecule is CCOc1cccc2c1cc(C(=O)NCCOC)n2Cc1cccc(Cl)c1. The van der Waals surface area contributed by atoms with Crippen LogP contribution in [0.25, 0.3) is 10.9 Å². The van der Waals surface area contributed by atoms with Crippen LogP contribution >= 0.6 is 11.6 Å². The van der Waals surface area contributed by atoms with Gasteiger partial charge >= 0.3 is 0 Å². The van der Waals surface area contributed by atoms with Crippen LogP contribution in [-0.2, 0) is 11.3 Å². The Hall–Kier alpha value is -2.50. The lowest BCUT2D eigenvalue weighted by molar-refractivity contribution is 0.0928. The number of rotatable bonds is 8. The van der Waals surface area contributed by atoms with Crippen LogP contribution < -0.4 is 10.1 Å². The number of benzene rings is 2. The van der Waals surface area contributed by atoms with Gasteiger partial charge in [-0.3, -0.25) is 4.79 Å². The second-order valence-electron chi connectivity index (χ2n) is 6.12. The fourth-order valence-corrected chi connectivity index (χ4v) is 3.29. The highest BCUT2D eigenvalue weighted by Crippen LogP contribution is 2.30. The number of hydrogen-bond donors (Lipinski definition) is 1. The molecule has 0 atom stereocenters. The summed E-state index contributed by atoms with van der Waals surface area (Å²) in [4.78, 5) is 12.8. The normalized spacial score (nSPS) is 10.9. The third-order valence-electron chi connectivity index (χ3n) is 4.26. The number of methoxy groups -OCH3 is 1. The molecule has 1 N–H and O–H groups in total. The standard InChI is InChI=1S/C21H23ClN2O3/c1-3-27-20-9-5-8-18-17(20)13-19(21(25)23-10-11-26-2)24(18)14-15-6-4-7-16(22)12-15/h4-9,12-13H,3,10-11,14H2,1-2H3,(H,23,25). The highest BCUT2D eigenvalue weighted by atomic mass is 35.5. The molecule has 0 fully saturated rings. The van der Waals surface area contributed by atoms with Crippen LogP contribution in [0.5, 0.6) is 5.75 Å². The summed E-state index contributed by atoms with van der Waals surface area (Å²) in [6.07, 6.45) is 0. The number of hydrogen-bond acceptors (Lipinski definition) is 3. The van der Waals surface area contributed by atoms with Gasteiger partial charge in [-0.2, -0.15) is 0 Å². The minimum atomic E-state index is -0.146. The molecule has 0 aliphatic rings. The van der Waals surface area contributed by atoms with Gasteiger partial charge in [-0.15, -0.1) is 0 Å². The van der Waals surface area contributed by atoms with E-state index < -0.39 is 0 Å². The van der Waals surface area contributed by atoms with Crippen LogP contribution in [0, 0.1) is 0 Å². The third-order valence-corrected chi connectivity index (χ3v) is 4.49. The Kier molecular flexibility index (Phi) is 6.37.